The highest BCUT2D eigenvalue weighted by molar-refractivity contribution is 6.10. The predicted octanol–water partition coefficient (Wildman–Crippen LogP) is 5.54. The highest BCUT2D eigenvalue weighted by atomic mass is 19.4. The van der Waals surface area contributed by atoms with Gasteiger partial charge in [0.25, 0.3) is 5.91 Å². The van der Waals surface area contributed by atoms with Gasteiger partial charge in [-0.3, -0.25) is 4.79 Å². The molecular weight excluding hydrogens is 477 g/mol. The third-order valence-electron chi connectivity index (χ3n) is 4.90. The van der Waals surface area contributed by atoms with Gasteiger partial charge in [-0.2, -0.15) is 18.4 Å². The lowest BCUT2D eigenvalue weighted by Crippen LogP contribution is -2.14. The van der Waals surface area contributed by atoms with Crippen LogP contribution in [0.1, 0.15) is 27.0 Å². The minimum absolute atomic E-state index is 0.0410. The number of hydrogen-bond acceptors (Lipinski definition) is 5. The number of nitrogens with zero attached hydrogens (tertiary/aromatic N) is 1. The zero-order valence-corrected chi connectivity index (χ0v) is 18.8. The van der Waals surface area contributed by atoms with Gasteiger partial charge in [-0.05, 0) is 48.0 Å². The van der Waals surface area contributed by atoms with E-state index in [2.05, 4.69) is 5.32 Å². The monoisotopic (exact) mass is 496 g/mol. The number of hydrogen-bond donors (Lipinski definition) is 2. The van der Waals surface area contributed by atoms with E-state index in [1.807, 2.05) is 0 Å². The Hall–Kier alpha value is -4.78. The van der Waals surface area contributed by atoms with Crippen molar-refractivity contribution in [3.63, 3.8) is 0 Å². The molecule has 0 aliphatic carbocycles. The van der Waals surface area contributed by atoms with Crippen molar-refractivity contribution in [1.29, 1.82) is 5.26 Å². The first-order valence-corrected chi connectivity index (χ1v) is 10.3. The average Bonchev–Trinajstić information content (AvgIpc) is 2.85. The number of amides is 1. The third-order valence-corrected chi connectivity index (χ3v) is 4.90. The fourth-order valence-corrected chi connectivity index (χ4v) is 3.19. The number of anilines is 1. The molecule has 0 spiro atoms. The van der Waals surface area contributed by atoms with Crippen LogP contribution in [-0.2, 0) is 17.6 Å². The zero-order valence-electron chi connectivity index (χ0n) is 18.8. The van der Waals surface area contributed by atoms with E-state index in [0.29, 0.717) is 11.1 Å². The Morgan fingerprint density at radius 3 is 2.47 bits per heavy atom. The molecule has 3 aromatic carbocycles. The summed E-state index contributed by atoms with van der Waals surface area (Å²) in [5.41, 5.74) is -0.541. The van der Waals surface area contributed by atoms with Crippen molar-refractivity contribution >= 4 is 23.6 Å². The van der Waals surface area contributed by atoms with Crippen LogP contribution < -0.4 is 14.8 Å². The number of para-hydroxylation sites is 1. The van der Waals surface area contributed by atoms with Gasteiger partial charge in [-0.15, -0.1) is 0 Å². The minimum Gasteiger partial charge on any atom is -0.493 e. The van der Waals surface area contributed by atoms with Crippen molar-refractivity contribution in [2.24, 2.45) is 0 Å². The molecule has 3 aromatic rings. The number of carbonyl (C=O) groups excluding carboxylic acids is 1. The van der Waals surface area contributed by atoms with Gasteiger partial charge in [0.2, 0.25) is 0 Å². The molecule has 0 fully saturated rings. The third kappa shape index (κ3) is 6.42. The number of rotatable bonds is 8. The summed E-state index contributed by atoms with van der Waals surface area (Å²) in [7, 11) is 1.40. The number of nitrogens with one attached hydrogen (secondary N) is 1. The van der Waals surface area contributed by atoms with Crippen LogP contribution in [0.2, 0.25) is 0 Å². The van der Waals surface area contributed by atoms with Gasteiger partial charge in [-0.25, -0.2) is 4.79 Å². The van der Waals surface area contributed by atoms with Crippen molar-refractivity contribution < 1.29 is 37.3 Å². The Morgan fingerprint density at radius 2 is 1.81 bits per heavy atom. The lowest BCUT2D eigenvalue weighted by atomic mass is 10.1. The van der Waals surface area contributed by atoms with Crippen molar-refractivity contribution in [3.8, 4) is 17.6 Å². The maximum absolute atomic E-state index is 13.0. The molecule has 0 radical (unpaired) electrons. The summed E-state index contributed by atoms with van der Waals surface area (Å²) in [4.78, 5) is 23.9. The van der Waals surface area contributed by atoms with Gasteiger partial charge >= 0.3 is 12.1 Å². The molecule has 2 N–H and O–H groups in total. The quantitative estimate of drug-likeness (QED) is 0.313. The molecule has 0 aliphatic heterocycles. The van der Waals surface area contributed by atoms with E-state index in [-0.39, 0.29) is 29.4 Å². The van der Waals surface area contributed by atoms with Crippen LogP contribution in [0.15, 0.2) is 72.3 Å². The Balaban J connectivity index is 1.88. The molecule has 0 unspecified atom stereocenters. The summed E-state index contributed by atoms with van der Waals surface area (Å²) in [5, 5.41) is 21.0. The van der Waals surface area contributed by atoms with Crippen molar-refractivity contribution in [2.75, 3.05) is 12.4 Å². The molecule has 3 rings (SSSR count). The number of halogens is 3. The number of methoxy groups -OCH3 is 1. The fraction of sp³-hybridized carbons (Fsp3) is 0.115. The molecule has 10 heteroatoms. The van der Waals surface area contributed by atoms with E-state index in [9.17, 15) is 28.0 Å². The molecule has 0 saturated heterocycles. The van der Waals surface area contributed by atoms with E-state index < -0.39 is 29.2 Å². The number of benzene rings is 3. The smallest absolute Gasteiger partial charge is 0.416 e. The average molecular weight is 496 g/mol. The number of carboxylic acid groups (broad SMARTS) is 1. The Bertz CT molecular complexity index is 1360. The van der Waals surface area contributed by atoms with E-state index >= 15 is 0 Å². The lowest BCUT2D eigenvalue weighted by Gasteiger charge is -2.14. The van der Waals surface area contributed by atoms with E-state index in [1.54, 1.807) is 36.4 Å². The highest BCUT2D eigenvalue weighted by Gasteiger charge is 2.30. The van der Waals surface area contributed by atoms with Crippen molar-refractivity contribution in [2.45, 2.75) is 12.8 Å². The van der Waals surface area contributed by atoms with Crippen LogP contribution in [0.3, 0.4) is 0 Å². The van der Waals surface area contributed by atoms with E-state index in [4.69, 9.17) is 14.6 Å². The second kappa shape index (κ2) is 11.1. The number of nitriles is 1. The molecule has 7 nitrogen and oxygen atoms in total. The van der Waals surface area contributed by atoms with Crippen LogP contribution in [-0.4, -0.2) is 24.1 Å². The van der Waals surface area contributed by atoms with Gasteiger partial charge in [0.05, 0.1) is 18.2 Å². The molecule has 36 heavy (non-hydrogen) atoms. The van der Waals surface area contributed by atoms with Gasteiger partial charge < -0.3 is 19.9 Å². The summed E-state index contributed by atoms with van der Waals surface area (Å²) in [6, 6.07) is 16.6. The first-order valence-electron chi connectivity index (χ1n) is 10.3. The molecule has 184 valence electrons. The molecule has 0 saturated carbocycles. The molecule has 1 amide bonds. The summed E-state index contributed by atoms with van der Waals surface area (Å²) in [6.07, 6.45) is -3.38. The summed E-state index contributed by atoms with van der Waals surface area (Å²) >= 11 is 0. The fourth-order valence-electron chi connectivity index (χ4n) is 3.19. The normalized spacial score (nSPS) is 11.4. The van der Waals surface area contributed by atoms with Gasteiger partial charge in [0.1, 0.15) is 18.2 Å². The second-order valence-corrected chi connectivity index (χ2v) is 7.38. The van der Waals surface area contributed by atoms with Crippen LogP contribution in [0.4, 0.5) is 18.9 Å². The summed E-state index contributed by atoms with van der Waals surface area (Å²) in [6.45, 7) is -0.0410. The molecule has 0 aromatic heterocycles. The minimum atomic E-state index is -4.59. The van der Waals surface area contributed by atoms with Crippen LogP contribution in [0, 0.1) is 11.3 Å². The van der Waals surface area contributed by atoms with Crippen molar-refractivity contribution in [3.05, 3.63) is 94.6 Å². The van der Waals surface area contributed by atoms with Gasteiger partial charge in [0, 0.05) is 11.3 Å². The summed E-state index contributed by atoms with van der Waals surface area (Å²) in [5.74, 6) is -1.54. The van der Waals surface area contributed by atoms with Gasteiger partial charge in [-0.1, -0.05) is 30.3 Å². The number of carbonyl (C=O) groups is 2. The first kappa shape index (κ1) is 25.8. The Labute approximate surface area is 204 Å². The SMILES string of the molecule is COc1cccc(/C=C(/C#N)C(=O)Nc2cccc(C(F)(F)F)c2)c1OCc1cccc(C(=O)O)c1. The maximum Gasteiger partial charge on any atom is 0.416 e. The number of alkyl halides is 3. The van der Waals surface area contributed by atoms with E-state index in [1.165, 1.54) is 31.4 Å². The topological polar surface area (TPSA) is 109 Å². The highest BCUT2D eigenvalue weighted by Crippen LogP contribution is 2.34. The zero-order chi connectivity index (χ0) is 26.3. The largest absolute Gasteiger partial charge is 0.493 e. The number of ether oxygens (including phenoxy) is 2. The van der Waals surface area contributed by atoms with Crippen LogP contribution in [0.25, 0.3) is 6.08 Å². The first-order chi connectivity index (χ1) is 17.1. The predicted molar refractivity (Wildman–Crippen MR) is 124 cm³/mol. The van der Waals surface area contributed by atoms with Crippen molar-refractivity contribution in [1.82, 2.24) is 0 Å². The molecular formula is C26H19F3N2O5. The lowest BCUT2D eigenvalue weighted by molar-refractivity contribution is -0.137. The Kier molecular flexibility index (Phi) is 7.96. The second-order valence-electron chi connectivity index (χ2n) is 7.38. The molecule has 0 aliphatic rings. The number of aromatic carboxylic acids is 1. The van der Waals surface area contributed by atoms with E-state index in [0.717, 1.165) is 18.2 Å². The number of carboxylic acids is 1. The van der Waals surface area contributed by atoms with Gasteiger partial charge in [0.15, 0.2) is 11.5 Å². The molecule has 0 atom stereocenters. The maximum atomic E-state index is 13.0. The van der Waals surface area contributed by atoms with Crippen LogP contribution in [0.5, 0.6) is 11.5 Å². The molecule has 0 bridgehead atoms. The molecule has 0 heterocycles. The summed E-state index contributed by atoms with van der Waals surface area (Å²) < 4.78 is 50.0. The van der Waals surface area contributed by atoms with Crippen LogP contribution >= 0.6 is 0 Å². The standard InChI is InChI=1S/C26H19F3N2O5/c1-35-22-10-3-6-17(23(22)36-15-16-5-2-7-18(11-16)25(33)34)12-19(14-30)24(32)31-21-9-4-8-20(13-21)26(27,28)29/h2-13H,15H2,1H3,(H,31,32)(H,33,34)/b19-12-. The Morgan fingerprint density at radius 1 is 1.08 bits per heavy atom.